The zero-order valence-corrected chi connectivity index (χ0v) is 47.0. The molecule has 7 heterocycles. The fraction of sp³-hybridized carbons (Fsp3) is 0.350. The van der Waals surface area contributed by atoms with Gasteiger partial charge < -0.3 is 44.1 Å². The van der Waals surface area contributed by atoms with E-state index in [1.54, 1.807) is 82.0 Å². The van der Waals surface area contributed by atoms with Crippen LogP contribution in [0, 0.1) is 5.92 Å². The van der Waals surface area contributed by atoms with Crippen LogP contribution in [0.3, 0.4) is 0 Å². The Morgan fingerprint density at radius 1 is 0.580 bits per heavy atom. The Bertz CT molecular complexity index is 3560. The molecular formula is C60H69N15O6. The molecular weight excluding hydrogens is 1030 g/mol. The molecule has 21 nitrogen and oxygen atoms in total. The largest absolute Gasteiger partial charge is 0.497 e. The number of carbonyl (C=O) groups excluding carboxylic acids is 1. The van der Waals surface area contributed by atoms with Crippen molar-refractivity contribution in [2.75, 3.05) is 89.5 Å². The molecule has 2 saturated heterocycles. The van der Waals surface area contributed by atoms with E-state index in [0.717, 1.165) is 150 Å². The zero-order valence-electron chi connectivity index (χ0n) is 47.0. The molecule has 2 aliphatic heterocycles. The molecule has 21 heteroatoms. The van der Waals surface area contributed by atoms with Gasteiger partial charge in [0.1, 0.15) is 23.0 Å². The first kappa shape index (κ1) is 55.2. The minimum Gasteiger partial charge on any atom is -0.497 e. The monoisotopic (exact) mass is 1100 g/mol. The van der Waals surface area contributed by atoms with Crippen molar-refractivity contribution in [2.45, 2.75) is 44.6 Å². The molecule has 2 fully saturated rings. The van der Waals surface area contributed by atoms with Gasteiger partial charge in [0.15, 0.2) is 0 Å². The van der Waals surface area contributed by atoms with Crippen LogP contribution in [-0.2, 0) is 18.9 Å². The predicted molar refractivity (Wildman–Crippen MR) is 313 cm³/mol. The Morgan fingerprint density at radius 2 is 1.12 bits per heavy atom. The summed E-state index contributed by atoms with van der Waals surface area (Å²) in [5.74, 6) is 4.37. The number of ether oxygens (including phenoxy) is 5. The Balaban J connectivity index is 0.000000182. The molecule has 1 amide bonds. The number of primary amides is 1. The lowest BCUT2D eigenvalue weighted by atomic mass is 9.95. The molecule has 1 atom stereocenters. The molecule has 9 aromatic rings. The summed E-state index contributed by atoms with van der Waals surface area (Å²) in [5.41, 5.74) is 16.3. The average molecular weight is 1100 g/mol. The number of fused-ring (bicyclic) bond motifs is 2. The van der Waals surface area contributed by atoms with E-state index in [1.807, 2.05) is 75.0 Å². The highest BCUT2D eigenvalue weighted by atomic mass is 16.5. The Hall–Kier alpha value is -9.11. The van der Waals surface area contributed by atoms with Gasteiger partial charge in [-0.1, -0.05) is 6.42 Å². The SMILES string of the molecule is COc1cc(OC)cc(N(CC2CCN(c3nccc(OC)n3)CC2)c2ccc3ncc(-c4cnn(C)c4)nc3c2)c1.COc1cc(OC)cc(N(CCCN2CCCCC2C(N)=O)c2ccc3ncc(-c4cnn(C)c4)nc3c2)c1. The fourth-order valence-corrected chi connectivity index (χ4v) is 10.6. The predicted octanol–water partition coefficient (Wildman–Crippen LogP) is 8.82. The second-order valence-corrected chi connectivity index (χ2v) is 20.2. The summed E-state index contributed by atoms with van der Waals surface area (Å²) in [6.07, 6.45) is 18.6. The summed E-state index contributed by atoms with van der Waals surface area (Å²) < 4.78 is 31.2. The number of aromatic nitrogens is 10. The second kappa shape index (κ2) is 25.3. The van der Waals surface area contributed by atoms with Crippen molar-refractivity contribution >= 4 is 56.7 Å². The summed E-state index contributed by atoms with van der Waals surface area (Å²) in [6.45, 7) is 4.92. The highest BCUT2D eigenvalue weighted by Crippen LogP contribution is 2.38. The smallest absolute Gasteiger partial charge is 0.234 e. The van der Waals surface area contributed by atoms with Crippen LogP contribution in [0.2, 0.25) is 0 Å². The number of aryl methyl sites for hydroxylation is 2. The van der Waals surface area contributed by atoms with Crippen LogP contribution in [0.25, 0.3) is 44.6 Å². The number of nitrogens with zero attached hydrogens (tertiary/aromatic N) is 14. The number of anilines is 5. The van der Waals surface area contributed by atoms with Crippen LogP contribution in [0.4, 0.5) is 28.7 Å². The Kier molecular flexibility index (Phi) is 17.3. The van der Waals surface area contributed by atoms with E-state index < -0.39 is 0 Å². The van der Waals surface area contributed by atoms with Crippen molar-refractivity contribution in [2.24, 2.45) is 25.7 Å². The minimum atomic E-state index is -0.235. The second-order valence-electron chi connectivity index (χ2n) is 20.2. The van der Waals surface area contributed by atoms with Crippen molar-refractivity contribution in [1.29, 1.82) is 0 Å². The number of benzene rings is 4. The van der Waals surface area contributed by atoms with Crippen LogP contribution >= 0.6 is 0 Å². The topological polar surface area (TPSA) is 215 Å². The third-order valence-corrected chi connectivity index (χ3v) is 14.9. The summed E-state index contributed by atoms with van der Waals surface area (Å²) in [4.78, 5) is 49.2. The number of likely N-dealkylation sites (tertiary alicyclic amines) is 1. The van der Waals surface area contributed by atoms with Gasteiger partial charge >= 0.3 is 0 Å². The van der Waals surface area contributed by atoms with Gasteiger partial charge in [-0.25, -0.2) is 15.0 Å². The third kappa shape index (κ3) is 13.2. The van der Waals surface area contributed by atoms with Gasteiger partial charge in [0.05, 0.1) is 99.8 Å². The molecule has 0 saturated carbocycles. The lowest BCUT2D eigenvalue weighted by Gasteiger charge is -2.36. The van der Waals surface area contributed by atoms with Gasteiger partial charge in [-0.05, 0) is 81.0 Å². The maximum absolute atomic E-state index is 12.0. The van der Waals surface area contributed by atoms with Crippen molar-refractivity contribution < 1.29 is 28.5 Å². The van der Waals surface area contributed by atoms with E-state index in [1.165, 1.54) is 0 Å². The number of carbonyl (C=O) groups is 1. The van der Waals surface area contributed by atoms with Crippen molar-refractivity contribution in [3.8, 4) is 51.4 Å². The summed E-state index contributed by atoms with van der Waals surface area (Å²) >= 11 is 0. The zero-order chi connectivity index (χ0) is 56.4. The van der Waals surface area contributed by atoms with E-state index >= 15 is 0 Å². The van der Waals surface area contributed by atoms with Crippen LogP contribution < -0.4 is 44.1 Å². The van der Waals surface area contributed by atoms with Crippen LogP contribution in [0.5, 0.6) is 28.9 Å². The number of hydrogen-bond acceptors (Lipinski definition) is 18. The highest BCUT2D eigenvalue weighted by molar-refractivity contribution is 5.84. The van der Waals surface area contributed by atoms with Gasteiger partial charge in [0, 0.05) is 142 Å². The number of amides is 1. The molecule has 81 heavy (non-hydrogen) atoms. The molecule has 0 spiro atoms. The van der Waals surface area contributed by atoms with Crippen LogP contribution in [0.15, 0.2) is 122 Å². The Morgan fingerprint density at radius 3 is 1.63 bits per heavy atom. The maximum Gasteiger partial charge on any atom is 0.234 e. The van der Waals surface area contributed by atoms with Gasteiger partial charge in [-0.2, -0.15) is 15.2 Å². The van der Waals surface area contributed by atoms with Gasteiger partial charge in [-0.15, -0.1) is 0 Å². The first-order valence-electron chi connectivity index (χ1n) is 27.2. The number of hydrogen-bond donors (Lipinski definition) is 1. The van der Waals surface area contributed by atoms with E-state index in [9.17, 15) is 4.79 Å². The number of nitrogens with two attached hydrogens (primary N) is 1. The first-order valence-corrected chi connectivity index (χ1v) is 27.2. The first-order chi connectivity index (χ1) is 39.5. The minimum absolute atomic E-state index is 0.189. The normalized spacial score (nSPS) is 14.8. The standard InChI is InChI=1S/C31H34N8O3.C29H35N7O3/c1-37-20-22(17-34-37)29-18-33-27-6-5-23(15-28(27)35-29)39(24-13-25(40-2)16-26(14-24)41-3)19-21-8-11-38(12-9-21)31-32-10-7-30(36-31)42-4;1-34-19-20(17-32-34)27-18-31-25-9-8-21(15-26(25)33-27)36(22-13-23(38-2)16-24(14-22)39-3)12-6-11-35-10-5-4-7-28(35)29(30)37/h5-7,10,13-18,20-21H,8-9,11-12,19H2,1-4H3;8-9,13-19,28H,4-7,10-12H2,1-3H3,(H2,30,37). The number of piperidine rings is 2. The summed E-state index contributed by atoms with van der Waals surface area (Å²) in [5, 5.41) is 8.55. The van der Waals surface area contributed by atoms with Gasteiger partial charge in [0.25, 0.3) is 0 Å². The molecule has 11 rings (SSSR count). The lowest BCUT2D eigenvalue weighted by molar-refractivity contribution is -0.124. The molecule has 2 aliphatic rings. The molecule has 2 N–H and O–H groups in total. The van der Waals surface area contributed by atoms with Crippen molar-refractivity contribution in [3.05, 3.63) is 122 Å². The fourth-order valence-electron chi connectivity index (χ4n) is 10.6. The lowest BCUT2D eigenvalue weighted by Crippen LogP contribution is -2.48. The number of rotatable bonds is 19. The third-order valence-electron chi connectivity index (χ3n) is 14.9. The summed E-state index contributed by atoms with van der Waals surface area (Å²) in [7, 11) is 12.0. The van der Waals surface area contributed by atoms with E-state index in [4.69, 9.17) is 39.4 Å². The molecule has 5 aromatic heterocycles. The van der Waals surface area contributed by atoms with Gasteiger partial charge in [-0.3, -0.25) is 29.0 Å². The van der Waals surface area contributed by atoms with Crippen molar-refractivity contribution in [1.82, 2.24) is 54.4 Å². The Labute approximate surface area is 471 Å². The van der Waals surface area contributed by atoms with E-state index in [0.29, 0.717) is 35.8 Å². The molecule has 0 bridgehead atoms. The van der Waals surface area contributed by atoms with E-state index in [2.05, 4.69) is 74.0 Å². The number of methoxy groups -OCH3 is 5. The molecule has 1 unspecified atom stereocenters. The molecule has 420 valence electrons. The molecule has 0 radical (unpaired) electrons. The molecule has 4 aromatic carbocycles. The van der Waals surface area contributed by atoms with Crippen LogP contribution in [0.1, 0.15) is 38.5 Å². The molecule has 0 aliphatic carbocycles. The quantitative estimate of drug-likeness (QED) is 0.0800. The highest BCUT2D eigenvalue weighted by Gasteiger charge is 2.28. The van der Waals surface area contributed by atoms with E-state index in [-0.39, 0.29) is 11.9 Å². The van der Waals surface area contributed by atoms with Crippen molar-refractivity contribution in [3.63, 3.8) is 0 Å². The maximum atomic E-state index is 12.0. The van der Waals surface area contributed by atoms with Gasteiger partial charge in [0.2, 0.25) is 17.7 Å². The average Bonchev–Trinajstić information content (AvgIpc) is 4.19. The van der Waals surface area contributed by atoms with Crippen LogP contribution in [-0.4, -0.2) is 141 Å². The summed E-state index contributed by atoms with van der Waals surface area (Å²) in [6, 6.07) is 25.7.